The minimum Gasteiger partial charge on any atom is -0.309 e. The smallest absolute Gasteiger partial charge is 0.275 e. The van der Waals surface area contributed by atoms with Crippen LogP contribution in [0.25, 0.3) is 4.96 Å². The Bertz CT molecular complexity index is 557. The second-order valence-electron chi connectivity index (χ2n) is 3.98. The van der Waals surface area contributed by atoms with Crippen molar-refractivity contribution in [1.82, 2.24) is 19.5 Å². The Morgan fingerprint density at radius 2 is 2.25 bits per heavy atom. The van der Waals surface area contributed by atoms with Crippen LogP contribution in [0.1, 0.15) is 10.7 Å². The van der Waals surface area contributed by atoms with Crippen molar-refractivity contribution in [2.75, 3.05) is 20.6 Å². The van der Waals surface area contributed by atoms with E-state index in [9.17, 15) is 4.79 Å². The SMILES string of the molecule is Cc1cc(=O)n2nc(CCN(C)C)sc2n1. The average molecular weight is 238 g/mol. The molecule has 6 heteroatoms. The highest BCUT2D eigenvalue weighted by atomic mass is 32.1. The summed E-state index contributed by atoms with van der Waals surface area (Å²) in [5, 5.41) is 5.21. The summed E-state index contributed by atoms with van der Waals surface area (Å²) in [6.07, 6.45) is 0.847. The lowest BCUT2D eigenvalue weighted by Crippen LogP contribution is -2.16. The molecule has 0 saturated heterocycles. The van der Waals surface area contributed by atoms with Crippen molar-refractivity contribution in [3.63, 3.8) is 0 Å². The maximum Gasteiger partial charge on any atom is 0.275 e. The monoisotopic (exact) mass is 238 g/mol. The molecule has 0 aliphatic carbocycles. The molecule has 0 aliphatic rings. The first-order valence-electron chi connectivity index (χ1n) is 5.07. The highest BCUT2D eigenvalue weighted by Gasteiger charge is 2.07. The third-order valence-electron chi connectivity index (χ3n) is 2.19. The van der Waals surface area contributed by atoms with Gasteiger partial charge >= 0.3 is 0 Å². The predicted octanol–water partition coefficient (Wildman–Crippen LogP) is 0.564. The zero-order chi connectivity index (χ0) is 11.7. The van der Waals surface area contributed by atoms with Crippen molar-refractivity contribution in [1.29, 1.82) is 0 Å². The number of aromatic nitrogens is 3. The van der Waals surface area contributed by atoms with Crippen LogP contribution in [0.4, 0.5) is 0 Å². The molecule has 0 N–H and O–H groups in total. The molecule has 5 nitrogen and oxygen atoms in total. The molecule has 2 rings (SSSR count). The molecule has 86 valence electrons. The van der Waals surface area contributed by atoms with E-state index in [2.05, 4.69) is 15.0 Å². The van der Waals surface area contributed by atoms with Crippen molar-refractivity contribution >= 4 is 16.3 Å². The summed E-state index contributed by atoms with van der Waals surface area (Å²) in [5.41, 5.74) is 0.641. The number of hydrogen-bond donors (Lipinski definition) is 0. The van der Waals surface area contributed by atoms with E-state index in [0.29, 0.717) is 4.96 Å². The minimum atomic E-state index is -0.102. The van der Waals surface area contributed by atoms with Crippen LogP contribution in [-0.2, 0) is 6.42 Å². The summed E-state index contributed by atoms with van der Waals surface area (Å²) in [5.74, 6) is 0. The first kappa shape index (κ1) is 11.2. The van der Waals surface area contributed by atoms with Gasteiger partial charge in [-0.2, -0.15) is 9.61 Å². The number of nitrogens with zero attached hydrogens (tertiary/aromatic N) is 4. The van der Waals surface area contributed by atoms with Crippen molar-refractivity contribution in [2.24, 2.45) is 0 Å². The van der Waals surface area contributed by atoms with Gasteiger partial charge in [0, 0.05) is 24.7 Å². The van der Waals surface area contributed by atoms with Gasteiger partial charge in [-0.3, -0.25) is 4.79 Å². The zero-order valence-electron chi connectivity index (χ0n) is 9.60. The minimum absolute atomic E-state index is 0.102. The Balaban J connectivity index is 2.36. The second-order valence-corrected chi connectivity index (χ2v) is 5.02. The van der Waals surface area contributed by atoms with Crippen LogP contribution in [0.3, 0.4) is 0 Å². The maximum absolute atomic E-state index is 11.6. The number of rotatable bonds is 3. The Kier molecular flexibility index (Phi) is 3.02. The van der Waals surface area contributed by atoms with Crippen molar-refractivity contribution in [3.05, 3.63) is 27.1 Å². The molecule has 2 heterocycles. The molecule has 0 aromatic carbocycles. The van der Waals surface area contributed by atoms with Crippen molar-refractivity contribution in [2.45, 2.75) is 13.3 Å². The van der Waals surface area contributed by atoms with E-state index >= 15 is 0 Å². The second kappa shape index (κ2) is 4.31. The van der Waals surface area contributed by atoms with Gasteiger partial charge in [0.05, 0.1) is 0 Å². The molecular weight excluding hydrogens is 224 g/mol. The largest absolute Gasteiger partial charge is 0.309 e. The van der Waals surface area contributed by atoms with Gasteiger partial charge in [-0.05, 0) is 21.0 Å². The van der Waals surface area contributed by atoms with Gasteiger partial charge < -0.3 is 4.90 Å². The third kappa shape index (κ3) is 2.28. The van der Waals surface area contributed by atoms with Crippen LogP contribution in [0.5, 0.6) is 0 Å². The highest BCUT2D eigenvalue weighted by molar-refractivity contribution is 7.16. The lowest BCUT2D eigenvalue weighted by molar-refractivity contribution is 0.412. The summed E-state index contributed by atoms with van der Waals surface area (Å²) < 4.78 is 1.38. The van der Waals surface area contributed by atoms with Crippen LogP contribution in [0, 0.1) is 6.92 Å². The highest BCUT2D eigenvalue weighted by Crippen LogP contribution is 2.11. The molecule has 0 saturated carbocycles. The number of aryl methyl sites for hydroxylation is 1. The van der Waals surface area contributed by atoms with Crippen LogP contribution < -0.4 is 5.56 Å². The van der Waals surface area contributed by atoms with E-state index in [-0.39, 0.29) is 5.56 Å². The standard InChI is InChI=1S/C10H14N4OS/c1-7-6-9(15)14-10(11-7)16-8(12-14)4-5-13(2)3/h6H,4-5H2,1-3H3. The number of fused-ring (bicyclic) bond motifs is 1. The quantitative estimate of drug-likeness (QED) is 0.784. The Morgan fingerprint density at radius 1 is 1.50 bits per heavy atom. The van der Waals surface area contributed by atoms with Gasteiger partial charge in [-0.15, -0.1) is 0 Å². The van der Waals surface area contributed by atoms with Gasteiger partial charge in [0.25, 0.3) is 5.56 Å². The number of hydrogen-bond acceptors (Lipinski definition) is 5. The fourth-order valence-corrected chi connectivity index (χ4v) is 2.31. The van der Waals surface area contributed by atoms with Crippen molar-refractivity contribution < 1.29 is 0 Å². The molecule has 0 bridgehead atoms. The molecule has 16 heavy (non-hydrogen) atoms. The average Bonchev–Trinajstić information content (AvgIpc) is 2.57. The molecule has 0 amide bonds. The van der Waals surface area contributed by atoms with Crippen LogP contribution in [0.2, 0.25) is 0 Å². The van der Waals surface area contributed by atoms with Crippen LogP contribution >= 0.6 is 11.3 Å². The maximum atomic E-state index is 11.6. The first-order chi connectivity index (χ1) is 7.56. The summed E-state index contributed by atoms with van der Waals surface area (Å²) >= 11 is 1.48. The van der Waals surface area contributed by atoms with Crippen LogP contribution in [-0.4, -0.2) is 40.1 Å². The van der Waals surface area contributed by atoms with E-state index in [4.69, 9.17) is 0 Å². The number of likely N-dealkylation sites (N-methyl/N-ethyl adjacent to an activating group) is 1. The Hall–Kier alpha value is -1.27. The Morgan fingerprint density at radius 3 is 2.94 bits per heavy atom. The molecule has 0 fully saturated rings. The summed E-state index contributed by atoms with van der Waals surface area (Å²) in [7, 11) is 4.03. The van der Waals surface area contributed by atoms with Crippen LogP contribution in [0.15, 0.2) is 10.9 Å². The van der Waals surface area contributed by atoms with E-state index in [0.717, 1.165) is 23.7 Å². The molecule has 0 spiro atoms. The molecule has 0 aliphatic heterocycles. The molecular formula is C10H14N4OS. The molecule has 0 atom stereocenters. The van der Waals surface area contributed by atoms with Gasteiger partial charge in [-0.25, -0.2) is 4.98 Å². The molecule has 0 radical (unpaired) electrons. The fraction of sp³-hybridized carbons (Fsp3) is 0.500. The van der Waals surface area contributed by atoms with E-state index in [1.807, 2.05) is 21.0 Å². The lowest BCUT2D eigenvalue weighted by Gasteiger charge is -2.05. The normalized spacial score (nSPS) is 11.5. The molecule has 0 unspecified atom stereocenters. The topological polar surface area (TPSA) is 50.5 Å². The van der Waals surface area contributed by atoms with E-state index in [1.165, 1.54) is 21.9 Å². The lowest BCUT2D eigenvalue weighted by atomic mass is 10.4. The van der Waals surface area contributed by atoms with E-state index in [1.54, 1.807) is 0 Å². The third-order valence-corrected chi connectivity index (χ3v) is 3.16. The first-order valence-corrected chi connectivity index (χ1v) is 5.89. The molecule has 2 aromatic heterocycles. The van der Waals surface area contributed by atoms with Gasteiger partial charge in [0.1, 0.15) is 5.01 Å². The predicted molar refractivity (Wildman–Crippen MR) is 64.1 cm³/mol. The fourth-order valence-electron chi connectivity index (χ4n) is 1.38. The van der Waals surface area contributed by atoms with Gasteiger partial charge in [0.15, 0.2) is 0 Å². The van der Waals surface area contributed by atoms with Crippen molar-refractivity contribution in [3.8, 4) is 0 Å². The van der Waals surface area contributed by atoms with E-state index < -0.39 is 0 Å². The van der Waals surface area contributed by atoms with Gasteiger partial charge in [-0.1, -0.05) is 11.3 Å². The summed E-state index contributed by atoms with van der Waals surface area (Å²) in [4.78, 5) is 18.7. The summed E-state index contributed by atoms with van der Waals surface area (Å²) in [6.45, 7) is 2.74. The van der Waals surface area contributed by atoms with Gasteiger partial charge in [0.2, 0.25) is 4.96 Å². The molecule has 2 aromatic rings. The summed E-state index contributed by atoms with van der Waals surface area (Å²) in [6, 6.07) is 1.50. The Labute approximate surface area is 97.4 Å². The zero-order valence-corrected chi connectivity index (χ0v) is 10.4.